The van der Waals surface area contributed by atoms with Crippen molar-refractivity contribution in [1.29, 1.82) is 0 Å². The van der Waals surface area contributed by atoms with Crippen molar-refractivity contribution >= 4 is 16.0 Å². The monoisotopic (exact) mass is 303 g/mol. The number of nitrogens with two attached hydrogens (primary N) is 1. The average Bonchev–Trinajstić information content (AvgIpc) is 2.45. The van der Waals surface area contributed by atoms with Gasteiger partial charge in [0.1, 0.15) is 4.90 Å². The third kappa shape index (κ3) is 3.75. The first kappa shape index (κ1) is 14.9. The quantitative estimate of drug-likeness (QED) is 0.788. The molecule has 3 N–H and O–H groups in total. The third-order valence-electron chi connectivity index (χ3n) is 2.46. The van der Waals surface area contributed by atoms with Gasteiger partial charge in [0, 0.05) is 5.56 Å². The Kier molecular flexibility index (Phi) is 4.47. The zero-order valence-electron chi connectivity index (χ0n) is 11.2. The second-order valence-electron chi connectivity index (χ2n) is 4.08. The molecule has 0 amide bonds. The molecule has 21 heavy (non-hydrogen) atoms. The van der Waals surface area contributed by atoms with E-state index in [9.17, 15) is 8.42 Å². The van der Waals surface area contributed by atoms with Gasteiger partial charge in [-0.3, -0.25) is 0 Å². The Hall–Kier alpha value is -2.50. The van der Waals surface area contributed by atoms with E-state index >= 15 is 0 Å². The van der Waals surface area contributed by atoms with Gasteiger partial charge in [-0.1, -0.05) is 17.9 Å². The molecule has 0 atom stereocenters. The molecule has 0 saturated carbocycles. The van der Waals surface area contributed by atoms with Crippen LogP contribution in [-0.4, -0.2) is 30.1 Å². The molecule has 0 aliphatic heterocycles. The van der Waals surface area contributed by atoms with E-state index in [1.165, 1.54) is 18.5 Å². The Morgan fingerprint density at radius 1 is 1.33 bits per heavy atom. The molecule has 7 nitrogen and oxygen atoms in total. The van der Waals surface area contributed by atoms with Crippen molar-refractivity contribution in [2.24, 2.45) is 5.73 Å². The first-order valence-electron chi connectivity index (χ1n) is 5.99. The van der Waals surface area contributed by atoms with Crippen LogP contribution in [0.25, 0.3) is 0 Å². The topological polar surface area (TPSA) is 111 Å². The molecule has 0 radical (unpaired) electrons. The van der Waals surface area contributed by atoms with Crippen LogP contribution in [-0.2, 0) is 10.0 Å². The fourth-order valence-corrected chi connectivity index (χ4v) is 2.68. The van der Waals surface area contributed by atoms with Gasteiger partial charge in [0.25, 0.3) is 16.0 Å². The summed E-state index contributed by atoms with van der Waals surface area (Å²) < 4.78 is 27.0. The van der Waals surface area contributed by atoms with Gasteiger partial charge in [-0.2, -0.15) is 5.10 Å². The summed E-state index contributed by atoms with van der Waals surface area (Å²) in [6.07, 6.45) is 2.69. The summed E-state index contributed by atoms with van der Waals surface area (Å²) in [6.45, 7) is 1.99. The van der Waals surface area contributed by atoms with Crippen molar-refractivity contribution < 1.29 is 8.42 Å². The minimum absolute atomic E-state index is 0.0431. The van der Waals surface area contributed by atoms with E-state index < -0.39 is 10.0 Å². The van der Waals surface area contributed by atoms with Gasteiger partial charge < -0.3 is 5.73 Å². The lowest BCUT2D eigenvalue weighted by Crippen LogP contribution is -2.16. The summed E-state index contributed by atoms with van der Waals surface area (Å²) in [5.74, 6) is 5.30. The van der Waals surface area contributed by atoms with Gasteiger partial charge in [0.15, 0.2) is 0 Å². The molecule has 0 fully saturated rings. The lowest BCUT2D eigenvalue weighted by molar-refractivity contribution is 0.600. The molecule has 108 valence electrons. The highest BCUT2D eigenvalue weighted by Gasteiger charge is 2.19. The predicted octanol–water partition coefficient (Wildman–Crippen LogP) is 0.291. The third-order valence-corrected chi connectivity index (χ3v) is 3.84. The van der Waals surface area contributed by atoms with Gasteiger partial charge in [-0.05, 0) is 24.6 Å². The van der Waals surface area contributed by atoms with Crippen LogP contribution in [0.1, 0.15) is 11.1 Å². The number of sulfonamides is 1. The number of benzene rings is 1. The molecule has 0 spiro atoms. The van der Waals surface area contributed by atoms with Crippen molar-refractivity contribution in [3.8, 4) is 11.8 Å². The normalized spacial score (nSPS) is 10.6. The Morgan fingerprint density at radius 3 is 2.81 bits per heavy atom. The number of aromatic nitrogens is 3. The predicted molar refractivity (Wildman–Crippen MR) is 77.7 cm³/mol. The fourth-order valence-electron chi connectivity index (χ4n) is 1.59. The van der Waals surface area contributed by atoms with Crippen LogP contribution in [0, 0.1) is 18.8 Å². The van der Waals surface area contributed by atoms with Gasteiger partial charge in [-0.25, -0.2) is 18.1 Å². The van der Waals surface area contributed by atoms with Crippen LogP contribution in [0.5, 0.6) is 0 Å². The van der Waals surface area contributed by atoms with Crippen molar-refractivity contribution in [3.05, 3.63) is 41.7 Å². The van der Waals surface area contributed by atoms with E-state index in [0.29, 0.717) is 5.56 Å². The van der Waals surface area contributed by atoms with Gasteiger partial charge in [0.2, 0.25) is 0 Å². The Labute approximate surface area is 122 Å². The average molecular weight is 303 g/mol. The van der Waals surface area contributed by atoms with Crippen LogP contribution in [0.15, 0.2) is 35.5 Å². The Balaban J connectivity index is 2.45. The highest BCUT2D eigenvalue weighted by molar-refractivity contribution is 7.92. The zero-order chi connectivity index (χ0) is 15.3. The number of hydrogen-bond donors (Lipinski definition) is 2. The zero-order valence-corrected chi connectivity index (χ0v) is 12.1. The minimum atomic E-state index is -3.85. The van der Waals surface area contributed by atoms with Crippen LogP contribution in [0.3, 0.4) is 0 Å². The van der Waals surface area contributed by atoms with Gasteiger partial charge in [-0.15, -0.1) is 5.10 Å². The number of aryl methyl sites for hydroxylation is 1. The molecule has 0 aliphatic carbocycles. The van der Waals surface area contributed by atoms with E-state index in [1.807, 2.05) is 6.92 Å². The maximum absolute atomic E-state index is 12.4. The smallest absolute Gasteiger partial charge is 0.265 e. The molecular formula is C13H13N5O2S. The highest BCUT2D eigenvalue weighted by atomic mass is 32.2. The van der Waals surface area contributed by atoms with E-state index in [2.05, 4.69) is 31.7 Å². The van der Waals surface area contributed by atoms with E-state index in [-0.39, 0.29) is 17.4 Å². The van der Waals surface area contributed by atoms with E-state index in [0.717, 1.165) is 5.56 Å². The SMILES string of the molecule is Cc1ccc(S(=O)(=O)Nc2nccnn2)c(C#CCN)c1. The van der Waals surface area contributed by atoms with Crippen molar-refractivity contribution in [1.82, 2.24) is 15.2 Å². The van der Waals surface area contributed by atoms with Crippen molar-refractivity contribution in [2.45, 2.75) is 11.8 Å². The van der Waals surface area contributed by atoms with Crippen LogP contribution in [0.2, 0.25) is 0 Å². The van der Waals surface area contributed by atoms with Crippen molar-refractivity contribution in [2.75, 3.05) is 11.3 Å². The summed E-state index contributed by atoms with van der Waals surface area (Å²) in [4.78, 5) is 3.82. The number of anilines is 1. The molecule has 2 aromatic rings. The molecule has 0 aliphatic rings. The second-order valence-corrected chi connectivity index (χ2v) is 5.73. The molecular weight excluding hydrogens is 290 g/mol. The highest BCUT2D eigenvalue weighted by Crippen LogP contribution is 2.18. The van der Waals surface area contributed by atoms with E-state index in [4.69, 9.17) is 5.73 Å². The standard InChI is InChI=1S/C13H13N5O2S/c1-10-4-5-12(11(9-10)3-2-6-14)21(19,20)18-13-15-7-8-16-17-13/h4-5,7-9H,6,14H2,1H3,(H,15,17,18). The summed E-state index contributed by atoms with van der Waals surface area (Å²) in [6, 6.07) is 4.85. The minimum Gasteiger partial charge on any atom is -0.320 e. The molecule has 0 unspecified atom stereocenters. The molecule has 0 saturated heterocycles. The summed E-state index contributed by atoms with van der Waals surface area (Å²) >= 11 is 0. The molecule has 1 aromatic heterocycles. The van der Waals surface area contributed by atoms with Gasteiger partial charge in [0.05, 0.1) is 18.9 Å². The molecule has 2 rings (SSSR count). The summed E-state index contributed by atoms with van der Waals surface area (Å²) in [5, 5.41) is 7.16. The number of nitrogens with one attached hydrogen (secondary N) is 1. The molecule has 1 aromatic carbocycles. The summed E-state index contributed by atoms with van der Waals surface area (Å²) in [7, 11) is -3.85. The van der Waals surface area contributed by atoms with Crippen LogP contribution < -0.4 is 10.5 Å². The van der Waals surface area contributed by atoms with Gasteiger partial charge >= 0.3 is 0 Å². The maximum atomic E-state index is 12.4. The lowest BCUT2D eigenvalue weighted by Gasteiger charge is -2.08. The summed E-state index contributed by atoms with van der Waals surface area (Å²) in [5.41, 5.74) is 6.60. The van der Waals surface area contributed by atoms with Crippen molar-refractivity contribution in [3.63, 3.8) is 0 Å². The van der Waals surface area contributed by atoms with Crippen LogP contribution >= 0.6 is 0 Å². The Bertz CT molecular complexity index is 794. The number of rotatable bonds is 3. The van der Waals surface area contributed by atoms with E-state index in [1.54, 1.807) is 12.1 Å². The largest absolute Gasteiger partial charge is 0.320 e. The number of hydrogen-bond acceptors (Lipinski definition) is 6. The molecule has 0 bridgehead atoms. The first-order valence-corrected chi connectivity index (χ1v) is 7.47. The Morgan fingerprint density at radius 2 is 2.14 bits per heavy atom. The van der Waals surface area contributed by atoms with Crippen LogP contribution in [0.4, 0.5) is 5.95 Å². The number of nitrogens with zero attached hydrogens (tertiary/aromatic N) is 3. The second kappa shape index (κ2) is 6.30. The maximum Gasteiger partial charge on any atom is 0.265 e. The lowest BCUT2D eigenvalue weighted by atomic mass is 10.1. The molecule has 8 heteroatoms. The first-order chi connectivity index (χ1) is 10.0. The molecule has 1 heterocycles. The fraction of sp³-hybridized carbons (Fsp3) is 0.154.